The molecule has 0 aromatic rings. The Hall–Kier alpha value is 0.530. The van der Waals surface area contributed by atoms with Crippen LogP contribution in [-0.4, -0.2) is 15.3 Å². The molecule has 1 fully saturated rings. The van der Waals surface area contributed by atoms with Crippen LogP contribution >= 0.6 is 39.1 Å². The molecule has 52 valence electrons. The van der Waals surface area contributed by atoms with Gasteiger partial charge < -0.3 is 4.74 Å². The Kier molecular flexibility index (Phi) is 1.70. The zero-order valence-corrected chi connectivity index (χ0v) is 7.33. The fraction of sp³-hybridized carbons (Fsp3) is 0.750. The summed E-state index contributed by atoms with van der Waals surface area (Å²) in [5.41, 5.74) is 0. The Balaban J connectivity index is 2.52. The first kappa shape index (κ1) is 7.63. The van der Waals surface area contributed by atoms with E-state index in [9.17, 15) is 4.79 Å². The molecule has 1 aliphatic carbocycles. The molecule has 0 aromatic heterocycles. The SMILES string of the molecule is O=COC1(Br)CC1(Cl)Cl. The van der Waals surface area contributed by atoms with Gasteiger partial charge in [-0.25, -0.2) is 0 Å². The summed E-state index contributed by atoms with van der Waals surface area (Å²) < 4.78 is 2.76. The Labute approximate surface area is 70.6 Å². The molecule has 2 nitrogen and oxygen atoms in total. The normalized spacial score (nSPS) is 37.7. The molecule has 1 rings (SSSR count). The topological polar surface area (TPSA) is 26.3 Å². The molecule has 5 heteroatoms. The zero-order chi connectivity index (χ0) is 7.12. The molecule has 0 amide bonds. The van der Waals surface area contributed by atoms with Gasteiger partial charge in [0.25, 0.3) is 6.47 Å². The van der Waals surface area contributed by atoms with E-state index in [1.807, 2.05) is 0 Å². The number of carbonyl (C=O) groups excluding carboxylic acids is 1. The number of carbonyl (C=O) groups is 1. The molecule has 1 saturated carbocycles. The summed E-state index contributed by atoms with van der Waals surface area (Å²) in [6, 6.07) is 0. The second-order valence-electron chi connectivity index (χ2n) is 1.82. The molecule has 0 aliphatic heterocycles. The molecule has 0 aromatic carbocycles. The number of alkyl halides is 3. The Morgan fingerprint density at radius 3 is 2.22 bits per heavy atom. The summed E-state index contributed by atoms with van der Waals surface area (Å²) in [7, 11) is 0. The summed E-state index contributed by atoms with van der Waals surface area (Å²) in [6.45, 7) is 0.321. The average Bonchev–Trinajstić information content (AvgIpc) is 2.07. The van der Waals surface area contributed by atoms with E-state index in [2.05, 4.69) is 20.7 Å². The number of ether oxygens (including phenoxy) is 1. The maximum Gasteiger partial charge on any atom is 0.294 e. The molecule has 1 atom stereocenters. The predicted molar refractivity (Wildman–Crippen MR) is 37.9 cm³/mol. The van der Waals surface area contributed by atoms with Gasteiger partial charge in [0.05, 0.1) is 0 Å². The molecular formula is C4H3BrCl2O2. The molecular weight excluding hydrogens is 231 g/mol. The van der Waals surface area contributed by atoms with Crippen LogP contribution in [0, 0.1) is 0 Å². The predicted octanol–water partition coefficient (Wildman–Crippen LogP) is 1.83. The van der Waals surface area contributed by atoms with E-state index in [1.165, 1.54) is 0 Å². The fourth-order valence-corrected chi connectivity index (χ4v) is 1.73. The molecule has 1 aliphatic rings. The van der Waals surface area contributed by atoms with E-state index in [-0.39, 0.29) is 0 Å². The molecule has 0 N–H and O–H groups in total. The monoisotopic (exact) mass is 232 g/mol. The van der Waals surface area contributed by atoms with Crippen LogP contribution in [-0.2, 0) is 9.53 Å². The van der Waals surface area contributed by atoms with Crippen molar-refractivity contribution in [3.05, 3.63) is 0 Å². The van der Waals surface area contributed by atoms with Crippen molar-refractivity contribution in [3.8, 4) is 0 Å². The molecule has 0 heterocycles. The summed E-state index contributed by atoms with van der Waals surface area (Å²) in [5, 5.41) is 0. The van der Waals surface area contributed by atoms with Gasteiger partial charge >= 0.3 is 0 Å². The maximum atomic E-state index is 9.78. The second-order valence-corrected chi connectivity index (χ2v) is 4.59. The lowest BCUT2D eigenvalue weighted by atomic mass is 10.8. The molecule has 0 bridgehead atoms. The summed E-state index contributed by atoms with van der Waals surface area (Å²) in [6.07, 6.45) is 0.432. The number of halogens is 3. The lowest BCUT2D eigenvalue weighted by Gasteiger charge is -2.05. The highest BCUT2D eigenvalue weighted by Gasteiger charge is 2.68. The van der Waals surface area contributed by atoms with Crippen molar-refractivity contribution in [1.29, 1.82) is 0 Å². The number of hydrogen-bond donors (Lipinski definition) is 0. The maximum absolute atomic E-state index is 9.78. The van der Waals surface area contributed by atoms with Crippen molar-refractivity contribution in [2.45, 2.75) is 15.3 Å². The summed E-state index contributed by atoms with van der Waals surface area (Å²) in [4.78, 5) is 9.78. The standard InChI is InChI=1S/C4H3BrCl2O2/c5-3(9-2-8)1-4(3,6)7/h2H,1H2. The van der Waals surface area contributed by atoms with Gasteiger partial charge in [0.2, 0.25) is 4.51 Å². The van der Waals surface area contributed by atoms with Crippen LogP contribution in [0.4, 0.5) is 0 Å². The van der Waals surface area contributed by atoms with E-state index < -0.39 is 8.84 Å². The second kappa shape index (κ2) is 2.01. The van der Waals surface area contributed by atoms with Crippen LogP contribution in [0.2, 0.25) is 0 Å². The lowest BCUT2D eigenvalue weighted by molar-refractivity contribution is -0.130. The first-order chi connectivity index (χ1) is 4.02. The highest BCUT2D eigenvalue weighted by atomic mass is 79.9. The third-order valence-corrected chi connectivity index (χ3v) is 3.58. The molecule has 1 unspecified atom stereocenters. The summed E-state index contributed by atoms with van der Waals surface area (Å²) >= 11 is 14.2. The van der Waals surface area contributed by atoms with Crippen LogP contribution < -0.4 is 0 Å². The highest BCUT2D eigenvalue weighted by Crippen LogP contribution is 2.62. The molecule has 0 spiro atoms. The average molecular weight is 234 g/mol. The van der Waals surface area contributed by atoms with Crippen LogP contribution in [0.3, 0.4) is 0 Å². The largest absolute Gasteiger partial charge is 0.446 e. The molecule has 9 heavy (non-hydrogen) atoms. The van der Waals surface area contributed by atoms with Crippen molar-refractivity contribution < 1.29 is 9.53 Å². The lowest BCUT2D eigenvalue weighted by Crippen LogP contribution is -2.11. The van der Waals surface area contributed by atoms with Crippen molar-refractivity contribution in [2.75, 3.05) is 0 Å². The third kappa shape index (κ3) is 1.18. The first-order valence-corrected chi connectivity index (χ1v) is 3.75. The zero-order valence-electron chi connectivity index (χ0n) is 4.23. The van der Waals surface area contributed by atoms with Gasteiger partial charge in [-0.2, -0.15) is 0 Å². The van der Waals surface area contributed by atoms with Crippen molar-refractivity contribution in [2.24, 2.45) is 0 Å². The van der Waals surface area contributed by atoms with Gasteiger partial charge in [0.15, 0.2) is 4.33 Å². The Bertz CT molecular complexity index is 150. The van der Waals surface area contributed by atoms with Gasteiger partial charge in [-0.05, 0) is 15.9 Å². The summed E-state index contributed by atoms with van der Waals surface area (Å²) in [5.74, 6) is 0. The van der Waals surface area contributed by atoms with Crippen molar-refractivity contribution in [3.63, 3.8) is 0 Å². The van der Waals surface area contributed by atoms with Gasteiger partial charge in [-0.3, -0.25) is 4.79 Å². The van der Waals surface area contributed by atoms with E-state index in [1.54, 1.807) is 0 Å². The molecule has 0 saturated heterocycles. The van der Waals surface area contributed by atoms with Crippen molar-refractivity contribution >= 4 is 45.6 Å². The third-order valence-electron chi connectivity index (χ3n) is 1.11. The Morgan fingerprint density at radius 2 is 2.11 bits per heavy atom. The number of rotatable bonds is 2. The quantitative estimate of drug-likeness (QED) is 0.538. The highest BCUT2D eigenvalue weighted by molar-refractivity contribution is 9.10. The minimum Gasteiger partial charge on any atom is -0.446 e. The van der Waals surface area contributed by atoms with Crippen LogP contribution in [0.5, 0.6) is 0 Å². The molecule has 0 radical (unpaired) electrons. The number of hydrogen-bond acceptors (Lipinski definition) is 2. The Morgan fingerprint density at radius 1 is 1.67 bits per heavy atom. The van der Waals surface area contributed by atoms with E-state index in [0.29, 0.717) is 12.9 Å². The smallest absolute Gasteiger partial charge is 0.294 e. The van der Waals surface area contributed by atoms with E-state index in [4.69, 9.17) is 23.2 Å². The minimum atomic E-state index is -0.937. The van der Waals surface area contributed by atoms with Gasteiger partial charge in [0.1, 0.15) is 0 Å². The van der Waals surface area contributed by atoms with E-state index in [0.717, 1.165) is 0 Å². The van der Waals surface area contributed by atoms with Gasteiger partial charge in [-0.15, -0.1) is 0 Å². The first-order valence-electron chi connectivity index (χ1n) is 2.20. The van der Waals surface area contributed by atoms with Gasteiger partial charge in [0, 0.05) is 6.42 Å². The van der Waals surface area contributed by atoms with Crippen LogP contribution in [0.15, 0.2) is 0 Å². The van der Waals surface area contributed by atoms with Crippen LogP contribution in [0.1, 0.15) is 6.42 Å². The van der Waals surface area contributed by atoms with E-state index >= 15 is 0 Å². The minimum absolute atomic E-state index is 0.321. The van der Waals surface area contributed by atoms with Crippen molar-refractivity contribution in [1.82, 2.24) is 0 Å². The van der Waals surface area contributed by atoms with Gasteiger partial charge in [-0.1, -0.05) is 23.2 Å². The fourth-order valence-electron chi connectivity index (χ4n) is 0.446. The van der Waals surface area contributed by atoms with Crippen LogP contribution in [0.25, 0.3) is 0 Å².